The summed E-state index contributed by atoms with van der Waals surface area (Å²) in [6.45, 7) is 18.5. The number of aliphatic hydroxyl groups is 1. The molecule has 2 aliphatic rings. The van der Waals surface area contributed by atoms with E-state index in [9.17, 15) is 9.90 Å². The first-order chi connectivity index (χ1) is 17.8. The molecule has 1 aromatic carbocycles. The van der Waals surface area contributed by atoms with Gasteiger partial charge < -0.3 is 19.7 Å². The highest BCUT2D eigenvalue weighted by Gasteiger charge is 2.38. The molecule has 0 atom stereocenters. The third-order valence-corrected chi connectivity index (χ3v) is 8.82. The topological polar surface area (TPSA) is 63.5 Å². The molecule has 2 aromatic rings. The van der Waals surface area contributed by atoms with E-state index in [1.807, 2.05) is 0 Å². The summed E-state index contributed by atoms with van der Waals surface area (Å²) >= 11 is 0. The average molecular weight is 523 g/mol. The molecule has 2 fully saturated rings. The monoisotopic (exact) mass is 522 g/mol. The zero-order valence-corrected chi connectivity index (χ0v) is 24.9. The molecule has 5 nitrogen and oxygen atoms in total. The maximum absolute atomic E-state index is 13.6. The van der Waals surface area contributed by atoms with Crippen LogP contribution in [0.4, 0.5) is 0 Å². The van der Waals surface area contributed by atoms with Gasteiger partial charge in [-0.1, -0.05) is 66.9 Å². The molecular formula is C33H50N2O3. The van der Waals surface area contributed by atoms with Gasteiger partial charge >= 0.3 is 0 Å². The highest BCUT2D eigenvalue weighted by atomic mass is 16.5. The summed E-state index contributed by atoms with van der Waals surface area (Å²) in [5.41, 5.74) is 6.70. The molecule has 210 valence electrons. The van der Waals surface area contributed by atoms with Crippen LogP contribution in [0.15, 0.2) is 24.3 Å². The van der Waals surface area contributed by atoms with Gasteiger partial charge in [-0.15, -0.1) is 0 Å². The third-order valence-electron chi connectivity index (χ3n) is 8.82. The van der Waals surface area contributed by atoms with Crippen molar-refractivity contribution in [3.8, 4) is 11.3 Å². The van der Waals surface area contributed by atoms with Crippen molar-refractivity contribution in [2.75, 3.05) is 26.4 Å². The molecule has 2 heterocycles. The predicted molar refractivity (Wildman–Crippen MR) is 156 cm³/mol. The summed E-state index contributed by atoms with van der Waals surface area (Å²) < 4.78 is 7.85. The summed E-state index contributed by atoms with van der Waals surface area (Å²) in [5.74, 6) is 0.621. The van der Waals surface area contributed by atoms with Crippen LogP contribution in [0.2, 0.25) is 0 Å². The summed E-state index contributed by atoms with van der Waals surface area (Å²) in [6, 6.07) is 9.16. The molecule has 4 rings (SSSR count). The van der Waals surface area contributed by atoms with Gasteiger partial charge in [-0.25, -0.2) is 0 Å². The predicted octanol–water partition coefficient (Wildman–Crippen LogP) is 6.77. The van der Waals surface area contributed by atoms with E-state index < -0.39 is 0 Å². The molecule has 1 aliphatic heterocycles. The molecule has 2 N–H and O–H groups in total. The quantitative estimate of drug-likeness (QED) is 0.402. The number of carbonyl (C=O) groups excluding carboxylic acids is 1. The molecule has 1 aromatic heterocycles. The van der Waals surface area contributed by atoms with E-state index in [0.717, 1.165) is 23.5 Å². The van der Waals surface area contributed by atoms with Crippen molar-refractivity contribution in [3.05, 3.63) is 46.6 Å². The van der Waals surface area contributed by atoms with Gasteiger partial charge in [0.2, 0.25) is 0 Å². The normalized spacial score (nSPS) is 18.3. The Balaban J connectivity index is 1.75. The molecule has 1 aliphatic carbocycles. The Morgan fingerprint density at radius 1 is 1.00 bits per heavy atom. The fourth-order valence-electron chi connectivity index (χ4n) is 5.94. The number of nitrogens with zero attached hydrogens (tertiary/aromatic N) is 1. The second-order valence-corrected chi connectivity index (χ2v) is 14.1. The number of amides is 1. The molecular weight excluding hydrogens is 472 g/mol. The van der Waals surface area contributed by atoms with E-state index in [4.69, 9.17) is 4.74 Å². The summed E-state index contributed by atoms with van der Waals surface area (Å²) in [6.07, 6.45) is 7.11. The number of ether oxygens (including phenoxy) is 1. The Morgan fingerprint density at radius 2 is 1.61 bits per heavy atom. The Labute approximate surface area is 230 Å². The van der Waals surface area contributed by atoms with Crippen LogP contribution in [-0.2, 0) is 22.1 Å². The minimum Gasteiger partial charge on any atom is -0.396 e. The second kappa shape index (κ2) is 11.2. The number of carbonyl (C=O) groups is 1. The van der Waals surface area contributed by atoms with Crippen molar-refractivity contribution in [2.45, 2.75) is 104 Å². The molecule has 1 saturated carbocycles. The van der Waals surface area contributed by atoms with Crippen LogP contribution in [0.3, 0.4) is 0 Å². The lowest BCUT2D eigenvalue weighted by Gasteiger charge is -2.41. The van der Waals surface area contributed by atoms with Gasteiger partial charge in [0, 0.05) is 36.5 Å². The van der Waals surface area contributed by atoms with Gasteiger partial charge in [0.1, 0.15) is 0 Å². The molecule has 0 unspecified atom stereocenters. The van der Waals surface area contributed by atoms with Crippen LogP contribution in [0.5, 0.6) is 0 Å². The fraction of sp³-hybridized carbons (Fsp3) is 0.667. The van der Waals surface area contributed by atoms with Crippen LogP contribution >= 0.6 is 0 Å². The summed E-state index contributed by atoms with van der Waals surface area (Å²) in [4.78, 5) is 13.6. The van der Waals surface area contributed by atoms with Gasteiger partial charge in [-0.3, -0.25) is 4.79 Å². The Kier molecular flexibility index (Phi) is 8.49. The summed E-state index contributed by atoms with van der Waals surface area (Å²) in [7, 11) is 0. The first-order valence-electron chi connectivity index (χ1n) is 14.7. The molecule has 0 radical (unpaired) electrons. The van der Waals surface area contributed by atoms with Crippen molar-refractivity contribution in [2.24, 2.45) is 11.3 Å². The van der Waals surface area contributed by atoms with E-state index in [1.54, 1.807) is 0 Å². The molecule has 0 bridgehead atoms. The van der Waals surface area contributed by atoms with E-state index in [-0.39, 0.29) is 28.8 Å². The third kappa shape index (κ3) is 6.37. The highest BCUT2D eigenvalue weighted by molar-refractivity contribution is 5.97. The Hall–Kier alpha value is -2.11. The largest absolute Gasteiger partial charge is 0.396 e. The number of hydrogen-bond donors (Lipinski definition) is 2. The molecule has 38 heavy (non-hydrogen) atoms. The van der Waals surface area contributed by atoms with Gasteiger partial charge in [0.05, 0.1) is 18.8 Å². The molecule has 5 heteroatoms. The number of hydrogen-bond acceptors (Lipinski definition) is 3. The van der Waals surface area contributed by atoms with Gasteiger partial charge in [-0.05, 0) is 77.8 Å². The van der Waals surface area contributed by atoms with Crippen LogP contribution in [-0.4, -0.2) is 41.9 Å². The maximum Gasteiger partial charge on any atom is 0.253 e. The van der Waals surface area contributed by atoms with Crippen molar-refractivity contribution in [1.29, 1.82) is 0 Å². The summed E-state index contributed by atoms with van der Waals surface area (Å²) in [5, 5.41) is 12.7. The smallest absolute Gasteiger partial charge is 0.253 e. The van der Waals surface area contributed by atoms with E-state index >= 15 is 0 Å². The van der Waals surface area contributed by atoms with Crippen molar-refractivity contribution >= 4 is 5.91 Å². The number of benzene rings is 1. The minimum absolute atomic E-state index is 0.0257. The highest BCUT2D eigenvalue weighted by Crippen LogP contribution is 2.37. The van der Waals surface area contributed by atoms with Crippen LogP contribution in [0.1, 0.15) is 107 Å². The molecule has 1 amide bonds. The number of aromatic nitrogens is 1. The number of nitrogens with one attached hydrogen (secondary N) is 1. The first-order valence-corrected chi connectivity index (χ1v) is 14.7. The Bertz CT molecular complexity index is 1090. The molecule has 1 saturated heterocycles. The lowest BCUT2D eigenvalue weighted by atomic mass is 9.79. The maximum atomic E-state index is 13.6. The second-order valence-electron chi connectivity index (χ2n) is 14.1. The van der Waals surface area contributed by atoms with Gasteiger partial charge in [0.25, 0.3) is 5.91 Å². The van der Waals surface area contributed by atoms with E-state index in [2.05, 4.69) is 82.6 Å². The first kappa shape index (κ1) is 28.9. The number of rotatable bonds is 8. The van der Waals surface area contributed by atoms with Crippen LogP contribution in [0.25, 0.3) is 11.3 Å². The van der Waals surface area contributed by atoms with Crippen molar-refractivity contribution < 1.29 is 14.6 Å². The lowest BCUT2D eigenvalue weighted by Crippen LogP contribution is -2.51. The average Bonchev–Trinajstić information content (AvgIpc) is 3.15. The van der Waals surface area contributed by atoms with Crippen LogP contribution in [0, 0.1) is 18.3 Å². The zero-order valence-electron chi connectivity index (χ0n) is 24.9. The fourth-order valence-corrected chi connectivity index (χ4v) is 5.94. The zero-order chi connectivity index (χ0) is 27.7. The SMILES string of the molecule is Cc1c(C(=O)NCC2(CCO)COC2)cc(-c2cc(C(C)(C)C)cc(C(C)(C)C)c2)n1CC1CCCCC1. The standard InChI is InChI=1S/C33H50N2O3/c1-23-28(30(37)34-20-33(13-14-36)21-38-22-33)18-29(35(23)19-24-11-9-8-10-12-24)25-15-26(31(2,3)4)17-27(16-25)32(5,6)7/h15-18,24,36H,8-14,19-22H2,1-7H3,(H,34,37). The molecule has 0 spiro atoms. The van der Waals surface area contributed by atoms with Gasteiger partial charge in [0.15, 0.2) is 0 Å². The van der Waals surface area contributed by atoms with E-state index in [1.165, 1.54) is 48.8 Å². The number of aliphatic hydroxyl groups excluding tert-OH is 1. The lowest BCUT2D eigenvalue weighted by molar-refractivity contribution is -0.119. The van der Waals surface area contributed by atoms with E-state index in [0.29, 0.717) is 32.1 Å². The van der Waals surface area contributed by atoms with Crippen molar-refractivity contribution in [1.82, 2.24) is 9.88 Å². The van der Waals surface area contributed by atoms with Crippen molar-refractivity contribution in [3.63, 3.8) is 0 Å². The van der Waals surface area contributed by atoms with Gasteiger partial charge in [-0.2, -0.15) is 0 Å². The Morgan fingerprint density at radius 3 is 2.11 bits per heavy atom. The minimum atomic E-state index is -0.144. The van der Waals surface area contributed by atoms with Crippen LogP contribution < -0.4 is 5.32 Å².